The van der Waals surface area contributed by atoms with E-state index in [1.54, 1.807) is 18.2 Å². The van der Waals surface area contributed by atoms with E-state index in [0.29, 0.717) is 23.8 Å². The standard InChI is InChI=1S/C13H18O3/c1-4-10(2)9-16-12-7-5-6-11(8-12)13(14)15-3/h5-8,10H,4,9H2,1-3H3. The summed E-state index contributed by atoms with van der Waals surface area (Å²) in [4.78, 5) is 11.3. The third-order valence-corrected chi connectivity index (χ3v) is 2.49. The van der Waals surface area contributed by atoms with Crippen molar-refractivity contribution in [3.8, 4) is 5.75 Å². The van der Waals surface area contributed by atoms with Crippen LogP contribution in [0.1, 0.15) is 30.6 Å². The van der Waals surface area contributed by atoms with Gasteiger partial charge in [-0.15, -0.1) is 0 Å². The highest BCUT2D eigenvalue weighted by Gasteiger charge is 2.06. The number of hydrogen-bond acceptors (Lipinski definition) is 3. The van der Waals surface area contributed by atoms with Crippen molar-refractivity contribution in [1.82, 2.24) is 0 Å². The molecule has 0 fully saturated rings. The Kier molecular flexibility index (Phi) is 4.83. The van der Waals surface area contributed by atoms with Gasteiger partial charge in [0.1, 0.15) is 5.75 Å². The van der Waals surface area contributed by atoms with Gasteiger partial charge in [0.15, 0.2) is 0 Å². The van der Waals surface area contributed by atoms with Gasteiger partial charge in [0.25, 0.3) is 0 Å². The molecule has 3 heteroatoms. The van der Waals surface area contributed by atoms with Crippen molar-refractivity contribution >= 4 is 5.97 Å². The van der Waals surface area contributed by atoms with Crippen LogP contribution in [0, 0.1) is 5.92 Å². The van der Waals surface area contributed by atoms with Crippen molar-refractivity contribution in [2.75, 3.05) is 13.7 Å². The molecule has 0 aliphatic heterocycles. The summed E-state index contributed by atoms with van der Waals surface area (Å²) in [5.74, 6) is 0.888. The van der Waals surface area contributed by atoms with Crippen LogP contribution < -0.4 is 4.74 Å². The van der Waals surface area contributed by atoms with Crippen molar-refractivity contribution < 1.29 is 14.3 Å². The molecule has 88 valence electrons. The summed E-state index contributed by atoms with van der Waals surface area (Å²) in [6.45, 7) is 4.92. The Morgan fingerprint density at radius 1 is 1.44 bits per heavy atom. The maximum atomic E-state index is 11.3. The Morgan fingerprint density at radius 2 is 2.19 bits per heavy atom. The minimum Gasteiger partial charge on any atom is -0.493 e. The highest BCUT2D eigenvalue weighted by molar-refractivity contribution is 5.89. The van der Waals surface area contributed by atoms with Crippen LogP contribution in [0.2, 0.25) is 0 Å². The largest absolute Gasteiger partial charge is 0.493 e. The Hall–Kier alpha value is -1.51. The molecule has 0 heterocycles. The third-order valence-electron chi connectivity index (χ3n) is 2.49. The molecule has 0 aliphatic rings. The molecule has 0 radical (unpaired) electrons. The molecule has 0 aliphatic carbocycles. The number of methoxy groups -OCH3 is 1. The number of ether oxygens (including phenoxy) is 2. The van der Waals surface area contributed by atoms with Gasteiger partial charge < -0.3 is 9.47 Å². The van der Waals surface area contributed by atoms with Gasteiger partial charge in [0.2, 0.25) is 0 Å². The van der Waals surface area contributed by atoms with Crippen LogP contribution in [-0.4, -0.2) is 19.7 Å². The highest BCUT2D eigenvalue weighted by atomic mass is 16.5. The van der Waals surface area contributed by atoms with E-state index in [-0.39, 0.29) is 5.97 Å². The molecule has 0 amide bonds. The fourth-order valence-corrected chi connectivity index (χ4v) is 1.19. The minimum atomic E-state index is -0.339. The lowest BCUT2D eigenvalue weighted by molar-refractivity contribution is 0.0600. The van der Waals surface area contributed by atoms with Gasteiger partial charge in [-0.05, 0) is 24.1 Å². The molecule has 1 aromatic carbocycles. The number of carbonyl (C=O) groups is 1. The van der Waals surface area contributed by atoms with Crippen LogP contribution in [0.3, 0.4) is 0 Å². The summed E-state index contributed by atoms with van der Waals surface area (Å²) in [7, 11) is 1.37. The average Bonchev–Trinajstić information content (AvgIpc) is 2.35. The number of hydrogen-bond donors (Lipinski definition) is 0. The lowest BCUT2D eigenvalue weighted by Gasteiger charge is -2.11. The molecule has 0 N–H and O–H groups in total. The molecule has 1 rings (SSSR count). The Bertz CT molecular complexity index is 347. The van der Waals surface area contributed by atoms with E-state index in [1.807, 2.05) is 6.07 Å². The number of benzene rings is 1. The summed E-state index contributed by atoms with van der Waals surface area (Å²) in [6.07, 6.45) is 1.08. The van der Waals surface area contributed by atoms with Gasteiger partial charge in [-0.2, -0.15) is 0 Å². The second kappa shape index (κ2) is 6.16. The lowest BCUT2D eigenvalue weighted by Crippen LogP contribution is -2.08. The zero-order chi connectivity index (χ0) is 12.0. The predicted molar refractivity (Wildman–Crippen MR) is 62.7 cm³/mol. The van der Waals surface area contributed by atoms with Crippen molar-refractivity contribution in [1.29, 1.82) is 0 Å². The summed E-state index contributed by atoms with van der Waals surface area (Å²) in [5.41, 5.74) is 0.518. The topological polar surface area (TPSA) is 35.5 Å². The fraction of sp³-hybridized carbons (Fsp3) is 0.462. The second-order valence-corrected chi connectivity index (χ2v) is 3.84. The molecule has 3 nitrogen and oxygen atoms in total. The molecular formula is C13H18O3. The third kappa shape index (κ3) is 3.57. The first-order valence-electron chi connectivity index (χ1n) is 5.48. The first-order valence-corrected chi connectivity index (χ1v) is 5.48. The van der Waals surface area contributed by atoms with Crippen LogP contribution in [0.25, 0.3) is 0 Å². The van der Waals surface area contributed by atoms with E-state index in [9.17, 15) is 4.79 Å². The number of rotatable bonds is 5. The summed E-state index contributed by atoms with van der Waals surface area (Å²) < 4.78 is 10.2. The number of carbonyl (C=O) groups excluding carboxylic acids is 1. The predicted octanol–water partition coefficient (Wildman–Crippen LogP) is 2.90. The quantitative estimate of drug-likeness (QED) is 0.718. The van der Waals surface area contributed by atoms with E-state index in [0.717, 1.165) is 6.42 Å². The van der Waals surface area contributed by atoms with E-state index in [4.69, 9.17) is 4.74 Å². The smallest absolute Gasteiger partial charge is 0.337 e. The number of esters is 1. The van der Waals surface area contributed by atoms with Crippen molar-refractivity contribution in [3.63, 3.8) is 0 Å². The molecule has 0 saturated heterocycles. The molecular weight excluding hydrogens is 204 g/mol. The molecule has 0 spiro atoms. The maximum Gasteiger partial charge on any atom is 0.337 e. The highest BCUT2D eigenvalue weighted by Crippen LogP contribution is 2.15. The normalized spacial score (nSPS) is 11.9. The SMILES string of the molecule is CCC(C)COc1cccc(C(=O)OC)c1. The summed E-state index contributed by atoms with van der Waals surface area (Å²) >= 11 is 0. The van der Waals surface area contributed by atoms with E-state index < -0.39 is 0 Å². The molecule has 0 aromatic heterocycles. The first kappa shape index (κ1) is 12.6. The maximum absolute atomic E-state index is 11.3. The van der Waals surface area contributed by atoms with Crippen LogP contribution in [0.4, 0.5) is 0 Å². The lowest BCUT2D eigenvalue weighted by atomic mass is 10.1. The van der Waals surface area contributed by atoms with E-state index in [1.165, 1.54) is 7.11 Å². The van der Waals surface area contributed by atoms with Crippen molar-refractivity contribution in [3.05, 3.63) is 29.8 Å². The van der Waals surface area contributed by atoms with Crippen LogP contribution >= 0.6 is 0 Å². The monoisotopic (exact) mass is 222 g/mol. The first-order chi connectivity index (χ1) is 7.67. The zero-order valence-corrected chi connectivity index (χ0v) is 10.0. The molecule has 0 bridgehead atoms. The van der Waals surface area contributed by atoms with Gasteiger partial charge >= 0.3 is 5.97 Å². The Balaban J connectivity index is 2.64. The van der Waals surface area contributed by atoms with Crippen molar-refractivity contribution in [2.24, 2.45) is 5.92 Å². The summed E-state index contributed by atoms with van der Waals surface area (Å²) in [5, 5.41) is 0. The van der Waals surface area contributed by atoms with Crippen molar-refractivity contribution in [2.45, 2.75) is 20.3 Å². The molecule has 1 atom stereocenters. The van der Waals surface area contributed by atoms with Crippen LogP contribution in [0.5, 0.6) is 5.75 Å². The molecule has 16 heavy (non-hydrogen) atoms. The molecule has 1 unspecified atom stereocenters. The zero-order valence-electron chi connectivity index (χ0n) is 10.0. The van der Waals surface area contributed by atoms with Crippen LogP contribution in [0.15, 0.2) is 24.3 Å². The van der Waals surface area contributed by atoms with Gasteiger partial charge in [0, 0.05) is 0 Å². The van der Waals surface area contributed by atoms with Gasteiger partial charge in [-0.3, -0.25) is 0 Å². The molecule has 0 saturated carbocycles. The average molecular weight is 222 g/mol. The summed E-state index contributed by atoms with van der Waals surface area (Å²) in [6, 6.07) is 7.04. The fourth-order valence-electron chi connectivity index (χ4n) is 1.19. The minimum absolute atomic E-state index is 0.339. The van der Waals surface area contributed by atoms with Gasteiger partial charge in [-0.1, -0.05) is 26.3 Å². The van der Waals surface area contributed by atoms with Gasteiger partial charge in [-0.25, -0.2) is 4.79 Å². The molecule has 1 aromatic rings. The van der Waals surface area contributed by atoms with Crippen LogP contribution in [-0.2, 0) is 4.74 Å². The Morgan fingerprint density at radius 3 is 2.81 bits per heavy atom. The van der Waals surface area contributed by atoms with Gasteiger partial charge in [0.05, 0.1) is 19.3 Å². The van der Waals surface area contributed by atoms with E-state index >= 15 is 0 Å². The van der Waals surface area contributed by atoms with E-state index in [2.05, 4.69) is 18.6 Å². The second-order valence-electron chi connectivity index (χ2n) is 3.84. The Labute approximate surface area is 96.4 Å².